The minimum absolute atomic E-state index is 0.487. The summed E-state index contributed by atoms with van der Waals surface area (Å²) in [4.78, 5) is 2.39. The number of fused-ring (bicyclic) bond motifs is 1. The monoisotopic (exact) mass is 238 g/mol. The largest absolute Gasteiger partial charge is 0.367 e. The molecule has 1 heterocycles. The number of rotatable bonds is 3. The van der Waals surface area contributed by atoms with Crippen LogP contribution >= 0.6 is 11.6 Å². The molecule has 0 amide bonds. The molecule has 88 valence electrons. The summed E-state index contributed by atoms with van der Waals surface area (Å²) in [5, 5.41) is 0.866. The summed E-state index contributed by atoms with van der Waals surface area (Å²) in [6.07, 6.45) is 1.04. The lowest BCUT2D eigenvalue weighted by Gasteiger charge is -2.25. The fraction of sp³-hybridized carbons (Fsp3) is 0.538. The van der Waals surface area contributed by atoms with Gasteiger partial charge >= 0.3 is 0 Å². The Labute approximate surface area is 102 Å². The normalized spacial score (nSPS) is 19.3. The van der Waals surface area contributed by atoms with Gasteiger partial charge in [0.05, 0.1) is 10.7 Å². The van der Waals surface area contributed by atoms with Gasteiger partial charge in [0, 0.05) is 18.5 Å². The van der Waals surface area contributed by atoms with Gasteiger partial charge in [0.25, 0.3) is 0 Å². The predicted octanol–water partition coefficient (Wildman–Crippen LogP) is 3.00. The van der Waals surface area contributed by atoms with Crippen molar-refractivity contribution in [3.63, 3.8) is 0 Å². The molecule has 0 aromatic heterocycles. The van der Waals surface area contributed by atoms with Crippen molar-refractivity contribution < 1.29 is 0 Å². The summed E-state index contributed by atoms with van der Waals surface area (Å²) < 4.78 is 0. The van der Waals surface area contributed by atoms with Gasteiger partial charge in [-0.15, -0.1) is 0 Å². The Morgan fingerprint density at radius 3 is 2.88 bits per heavy atom. The van der Waals surface area contributed by atoms with Crippen LogP contribution in [0.1, 0.15) is 31.7 Å². The number of para-hydroxylation sites is 1. The van der Waals surface area contributed by atoms with Crippen molar-refractivity contribution in [1.29, 1.82) is 0 Å². The zero-order valence-electron chi connectivity index (χ0n) is 9.91. The summed E-state index contributed by atoms with van der Waals surface area (Å²) in [6.45, 7) is 6.20. The molecule has 1 aliphatic heterocycles. The van der Waals surface area contributed by atoms with Gasteiger partial charge in [0.1, 0.15) is 0 Å². The van der Waals surface area contributed by atoms with Crippen LogP contribution in [-0.4, -0.2) is 19.1 Å². The van der Waals surface area contributed by atoms with Crippen molar-refractivity contribution in [3.05, 3.63) is 28.8 Å². The minimum Gasteiger partial charge on any atom is -0.367 e. The van der Waals surface area contributed by atoms with Crippen molar-refractivity contribution in [3.8, 4) is 0 Å². The van der Waals surface area contributed by atoms with Gasteiger partial charge in [0.2, 0.25) is 0 Å². The topological polar surface area (TPSA) is 29.3 Å². The lowest BCUT2D eigenvalue weighted by atomic mass is 9.98. The molecular weight excluding hydrogens is 220 g/mol. The fourth-order valence-corrected chi connectivity index (χ4v) is 2.80. The van der Waals surface area contributed by atoms with Crippen LogP contribution < -0.4 is 10.6 Å². The van der Waals surface area contributed by atoms with E-state index in [1.54, 1.807) is 0 Å². The molecule has 2 rings (SSSR count). The van der Waals surface area contributed by atoms with Crippen molar-refractivity contribution in [2.45, 2.75) is 32.2 Å². The molecule has 0 bridgehead atoms. The van der Waals surface area contributed by atoms with Crippen LogP contribution in [0.3, 0.4) is 0 Å². The zero-order valence-corrected chi connectivity index (χ0v) is 10.7. The first-order chi connectivity index (χ1) is 7.65. The third kappa shape index (κ3) is 1.92. The summed E-state index contributed by atoms with van der Waals surface area (Å²) in [7, 11) is 0. The van der Waals surface area contributed by atoms with Crippen LogP contribution in [0.15, 0.2) is 18.2 Å². The highest BCUT2D eigenvalue weighted by Crippen LogP contribution is 2.43. The van der Waals surface area contributed by atoms with Gasteiger partial charge in [0.15, 0.2) is 0 Å². The van der Waals surface area contributed by atoms with Crippen LogP contribution in [-0.2, 0) is 0 Å². The van der Waals surface area contributed by atoms with Crippen LogP contribution in [0.5, 0.6) is 0 Å². The molecule has 0 aliphatic carbocycles. The molecule has 3 heteroatoms. The number of hydrogen-bond donors (Lipinski definition) is 1. The number of nitrogens with two attached hydrogens (primary N) is 1. The van der Waals surface area contributed by atoms with E-state index >= 15 is 0 Å². The molecule has 1 unspecified atom stereocenters. The summed E-state index contributed by atoms with van der Waals surface area (Å²) >= 11 is 6.30. The maximum absolute atomic E-state index is 6.30. The van der Waals surface area contributed by atoms with Gasteiger partial charge in [-0.05, 0) is 38.4 Å². The van der Waals surface area contributed by atoms with E-state index in [1.165, 1.54) is 11.3 Å². The van der Waals surface area contributed by atoms with E-state index in [-0.39, 0.29) is 0 Å². The van der Waals surface area contributed by atoms with Crippen LogP contribution in [0.2, 0.25) is 5.02 Å². The second-order valence-electron chi connectivity index (χ2n) is 4.70. The third-order valence-corrected chi connectivity index (χ3v) is 3.61. The molecule has 1 aromatic carbocycles. The standard InChI is InChI=1S/C13H19ClN2/c1-9(2)16-8-10(6-7-15)11-4-3-5-12(14)13(11)16/h3-5,9-10H,6-8,15H2,1-2H3. The molecule has 0 radical (unpaired) electrons. The maximum atomic E-state index is 6.30. The van der Waals surface area contributed by atoms with Crippen molar-refractivity contribution in [2.75, 3.05) is 18.0 Å². The molecule has 1 aromatic rings. The van der Waals surface area contributed by atoms with E-state index in [4.69, 9.17) is 17.3 Å². The average Bonchev–Trinajstić information content (AvgIpc) is 2.60. The van der Waals surface area contributed by atoms with Gasteiger partial charge in [-0.25, -0.2) is 0 Å². The number of anilines is 1. The first-order valence-electron chi connectivity index (χ1n) is 5.90. The quantitative estimate of drug-likeness (QED) is 0.877. The number of benzene rings is 1. The molecule has 16 heavy (non-hydrogen) atoms. The molecule has 0 saturated heterocycles. The van der Waals surface area contributed by atoms with Crippen LogP contribution in [0, 0.1) is 0 Å². The van der Waals surface area contributed by atoms with Crippen molar-refractivity contribution in [2.24, 2.45) is 5.73 Å². The molecule has 0 spiro atoms. The Kier molecular flexibility index (Phi) is 3.41. The highest BCUT2D eigenvalue weighted by Gasteiger charge is 2.30. The Hall–Kier alpha value is -0.730. The number of halogens is 1. The molecule has 0 saturated carbocycles. The Bertz CT molecular complexity index is 376. The first kappa shape index (κ1) is 11.7. The predicted molar refractivity (Wildman–Crippen MR) is 70.3 cm³/mol. The SMILES string of the molecule is CC(C)N1CC(CCN)c2cccc(Cl)c21. The highest BCUT2D eigenvalue weighted by molar-refractivity contribution is 6.33. The van der Waals surface area contributed by atoms with E-state index in [2.05, 4.69) is 24.8 Å². The maximum Gasteiger partial charge on any atom is 0.0642 e. The van der Waals surface area contributed by atoms with Gasteiger partial charge in [-0.1, -0.05) is 23.7 Å². The van der Waals surface area contributed by atoms with E-state index < -0.39 is 0 Å². The lowest BCUT2D eigenvalue weighted by Crippen LogP contribution is -2.30. The molecular formula is C13H19ClN2. The number of nitrogens with zero attached hydrogens (tertiary/aromatic N) is 1. The molecule has 2 N–H and O–H groups in total. The Morgan fingerprint density at radius 1 is 1.50 bits per heavy atom. The van der Waals surface area contributed by atoms with Gasteiger partial charge < -0.3 is 10.6 Å². The molecule has 1 atom stereocenters. The first-order valence-corrected chi connectivity index (χ1v) is 6.28. The molecule has 0 fully saturated rings. The Balaban J connectivity index is 2.40. The van der Waals surface area contributed by atoms with E-state index in [9.17, 15) is 0 Å². The average molecular weight is 239 g/mol. The van der Waals surface area contributed by atoms with Crippen molar-refractivity contribution >= 4 is 17.3 Å². The highest BCUT2D eigenvalue weighted by atomic mass is 35.5. The van der Waals surface area contributed by atoms with Crippen LogP contribution in [0.25, 0.3) is 0 Å². The van der Waals surface area contributed by atoms with E-state index in [1.807, 2.05) is 12.1 Å². The second-order valence-corrected chi connectivity index (χ2v) is 5.11. The zero-order chi connectivity index (χ0) is 11.7. The van der Waals surface area contributed by atoms with Crippen LogP contribution in [0.4, 0.5) is 5.69 Å². The summed E-state index contributed by atoms with van der Waals surface area (Å²) in [5.74, 6) is 0.543. The van der Waals surface area contributed by atoms with Crippen molar-refractivity contribution in [1.82, 2.24) is 0 Å². The smallest absolute Gasteiger partial charge is 0.0642 e. The fourth-order valence-electron chi connectivity index (χ4n) is 2.51. The third-order valence-electron chi connectivity index (χ3n) is 3.30. The summed E-state index contributed by atoms with van der Waals surface area (Å²) in [6, 6.07) is 6.68. The number of hydrogen-bond acceptors (Lipinski definition) is 2. The van der Waals surface area contributed by atoms with E-state index in [0.29, 0.717) is 12.0 Å². The van der Waals surface area contributed by atoms with E-state index in [0.717, 1.165) is 24.5 Å². The second kappa shape index (κ2) is 4.64. The Morgan fingerprint density at radius 2 is 2.25 bits per heavy atom. The molecule has 1 aliphatic rings. The minimum atomic E-state index is 0.487. The van der Waals surface area contributed by atoms with Gasteiger partial charge in [-0.3, -0.25) is 0 Å². The van der Waals surface area contributed by atoms with Gasteiger partial charge in [-0.2, -0.15) is 0 Å². The summed E-state index contributed by atoms with van der Waals surface area (Å²) in [5.41, 5.74) is 8.26. The molecule has 2 nitrogen and oxygen atoms in total. The lowest BCUT2D eigenvalue weighted by molar-refractivity contribution is 0.613.